The molecule has 1 N–H and O–H groups in total. The Morgan fingerprint density at radius 1 is 0.941 bits per heavy atom. The van der Waals surface area contributed by atoms with E-state index >= 15 is 0 Å². The summed E-state index contributed by atoms with van der Waals surface area (Å²) in [7, 11) is 0. The highest BCUT2D eigenvalue weighted by atomic mass is 19.1. The van der Waals surface area contributed by atoms with Gasteiger partial charge in [0.15, 0.2) is 0 Å². The maximum atomic E-state index is 13.6. The number of hydrogen-bond acceptors (Lipinski definition) is 3. The number of carbonyl (C=O) groups is 2. The molecule has 1 saturated carbocycles. The Hall–Kier alpha value is -3.93. The quantitative estimate of drug-likeness (QED) is 0.380. The van der Waals surface area contributed by atoms with Crippen LogP contribution < -0.4 is 5.32 Å². The van der Waals surface area contributed by atoms with Gasteiger partial charge in [0.2, 0.25) is 0 Å². The smallest absolute Gasteiger partial charge is 0.254 e. The normalized spacial score (nSPS) is 13.1. The van der Waals surface area contributed by atoms with Gasteiger partial charge in [-0.15, -0.1) is 0 Å². The van der Waals surface area contributed by atoms with E-state index in [1.165, 1.54) is 12.1 Å². The van der Waals surface area contributed by atoms with E-state index in [2.05, 4.69) is 5.32 Å². The molecule has 0 spiro atoms. The lowest BCUT2D eigenvalue weighted by Gasteiger charge is -2.24. The van der Waals surface area contributed by atoms with Crippen molar-refractivity contribution >= 4 is 22.8 Å². The number of fused-ring (bicyclic) bond motifs is 1. The fraction of sp³-hybridized carbons (Fsp3) is 0.214. The van der Waals surface area contributed by atoms with Gasteiger partial charge in [-0.3, -0.25) is 9.59 Å². The molecule has 5 rings (SSSR count). The van der Waals surface area contributed by atoms with Gasteiger partial charge in [-0.25, -0.2) is 4.39 Å². The lowest BCUT2D eigenvalue weighted by atomic mass is 9.98. The van der Waals surface area contributed by atoms with Crippen LogP contribution in [0.3, 0.4) is 0 Å². The molecule has 1 aliphatic carbocycles. The van der Waals surface area contributed by atoms with Crippen LogP contribution in [0.5, 0.6) is 0 Å². The van der Waals surface area contributed by atoms with E-state index in [4.69, 9.17) is 4.42 Å². The van der Waals surface area contributed by atoms with Crippen molar-refractivity contribution in [2.45, 2.75) is 12.8 Å². The van der Waals surface area contributed by atoms with E-state index in [-0.39, 0.29) is 17.6 Å². The Kier molecular flexibility index (Phi) is 6.12. The molecule has 5 nitrogen and oxygen atoms in total. The van der Waals surface area contributed by atoms with Gasteiger partial charge in [0.1, 0.15) is 11.4 Å². The van der Waals surface area contributed by atoms with Crippen LogP contribution in [0.15, 0.2) is 83.5 Å². The van der Waals surface area contributed by atoms with Crippen LogP contribution in [0.4, 0.5) is 4.39 Å². The van der Waals surface area contributed by atoms with Crippen LogP contribution in [0.25, 0.3) is 22.1 Å². The first-order valence-electron chi connectivity index (χ1n) is 11.5. The number of carbonyl (C=O) groups excluding carboxylic acids is 2. The van der Waals surface area contributed by atoms with Crippen LogP contribution in [0.2, 0.25) is 0 Å². The zero-order valence-corrected chi connectivity index (χ0v) is 18.7. The predicted molar refractivity (Wildman–Crippen MR) is 129 cm³/mol. The lowest BCUT2D eigenvalue weighted by Crippen LogP contribution is -2.40. The van der Waals surface area contributed by atoms with E-state index in [1.54, 1.807) is 42.7 Å². The van der Waals surface area contributed by atoms with Crippen molar-refractivity contribution < 1.29 is 18.4 Å². The molecule has 1 fully saturated rings. The fourth-order valence-corrected chi connectivity index (χ4v) is 4.20. The molecule has 0 atom stereocenters. The van der Waals surface area contributed by atoms with E-state index in [9.17, 15) is 14.0 Å². The van der Waals surface area contributed by atoms with Gasteiger partial charge in [0, 0.05) is 30.6 Å². The summed E-state index contributed by atoms with van der Waals surface area (Å²) in [4.78, 5) is 28.2. The number of halogens is 1. The number of rotatable bonds is 8. The largest absolute Gasteiger partial charge is 0.464 e. The molecule has 2 amide bonds. The molecule has 0 aliphatic heterocycles. The zero-order chi connectivity index (χ0) is 23.5. The number of nitrogens with zero attached hydrogens (tertiary/aromatic N) is 1. The molecule has 0 bridgehead atoms. The molecule has 6 heteroatoms. The third kappa shape index (κ3) is 4.71. The topological polar surface area (TPSA) is 62.6 Å². The van der Waals surface area contributed by atoms with E-state index in [1.807, 2.05) is 29.2 Å². The Morgan fingerprint density at radius 2 is 1.71 bits per heavy atom. The Balaban J connectivity index is 1.31. The molecular formula is C28H25FN2O3. The van der Waals surface area contributed by atoms with Crippen molar-refractivity contribution in [3.63, 3.8) is 0 Å². The maximum absolute atomic E-state index is 13.6. The van der Waals surface area contributed by atoms with E-state index in [0.29, 0.717) is 42.3 Å². The predicted octanol–water partition coefficient (Wildman–Crippen LogP) is 5.52. The molecule has 172 valence electrons. The molecule has 3 aromatic carbocycles. The summed E-state index contributed by atoms with van der Waals surface area (Å²) in [5, 5.41) is 3.71. The third-order valence-corrected chi connectivity index (χ3v) is 6.18. The van der Waals surface area contributed by atoms with Gasteiger partial charge in [-0.05, 0) is 66.3 Å². The highest BCUT2D eigenvalue weighted by molar-refractivity contribution is 6.06. The molecule has 1 aliphatic rings. The molecule has 0 saturated heterocycles. The standard InChI is InChI=1S/C28H25FN2O3/c29-21-12-10-20(11-13-21)22-4-1-2-5-25(22)28(33)31(18-19-8-9-19)16-15-30-27(32)24-6-3-7-26-23(24)14-17-34-26/h1-7,10-14,17,19H,8-9,15-16,18H2,(H,30,32). The molecule has 4 aromatic rings. The van der Waals surface area contributed by atoms with Crippen LogP contribution in [0.1, 0.15) is 33.6 Å². The molecule has 1 heterocycles. The Morgan fingerprint density at radius 3 is 2.50 bits per heavy atom. The number of hydrogen-bond donors (Lipinski definition) is 1. The lowest BCUT2D eigenvalue weighted by molar-refractivity contribution is 0.0742. The zero-order valence-electron chi connectivity index (χ0n) is 18.7. The van der Waals surface area contributed by atoms with Crippen molar-refractivity contribution in [3.05, 3.63) is 96.0 Å². The minimum absolute atomic E-state index is 0.0852. The molecule has 0 radical (unpaired) electrons. The Bertz CT molecular complexity index is 1330. The molecule has 34 heavy (non-hydrogen) atoms. The maximum Gasteiger partial charge on any atom is 0.254 e. The number of nitrogens with one attached hydrogen (secondary N) is 1. The summed E-state index contributed by atoms with van der Waals surface area (Å²) in [6.45, 7) is 1.40. The van der Waals surface area contributed by atoms with Crippen LogP contribution in [0, 0.1) is 11.7 Å². The van der Waals surface area contributed by atoms with Gasteiger partial charge in [0.05, 0.1) is 11.8 Å². The first kappa shape index (κ1) is 21.9. The van der Waals surface area contributed by atoms with Crippen molar-refractivity contribution in [3.8, 4) is 11.1 Å². The minimum atomic E-state index is -0.315. The van der Waals surface area contributed by atoms with Crippen LogP contribution >= 0.6 is 0 Å². The second kappa shape index (κ2) is 9.51. The van der Waals surface area contributed by atoms with Crippen molar-refractivity contribution in [1.29, 1.82) is 0 Å². The average molecular weight is 457 g/mol. The average Bonchev–Trinajstić information content (AvgIpc) is 3.55. The number of amides is 2. The summed E-state index contributed by atoms with van der Waals surface area (Å²) in [6, 6.07) is 20.7. The molecule has 0 unspecified atom stereocenters. The van der Waals surface area contributed by atoms with Gasteiger partial charge in [-0.1, -0.05) is 36.4 Å². The fourth-order valence-electron chi connectivity index (χ4n) is 4.20. The van der Waals surface area contributed by atoms with Gasteiger partial charge in [0.25, 0.3) is 11.8 Å². The Labute approximate surface area is 197 Å². The van der Waals surface area contributed by atoms with Crippen LogP contribution in [-0.2, 0) is 0 Å². The van der Waals surface area contributed by atoms with E-state index < -0.39 is 0 Å². The number of benzene rings is 3. The van der Waals surface area contributed by atoms with E-state index in [0.717, 1.165) is 29.4 Å². The first-order chi connectivity index (χ1) is 16.6. The van der Waals surface area contributed by atoms with Crippen molar-refractivity contribution in [1.82, 2.24) is 10.2 Å². The summed E-state index contributed by atoms with van der Waals surface area (Å²) < 4.78 is 18.8. The molecular weight excluding hydrogens is 431 g/mol. The SMILES string of the molecule is O=C(NCCN(CC1CC1)C(=O)c1ccccc1-c1ccc(F)cc1)c1cccc2occc12. The van der Waals surface area contributed by atoms with Crippen molar-refractivity contribution in [2.75, 3.05) is 19.6 Å². The summed E-state index contributed by atoms with van der Waals surface area (Å²) >= 11 is 0. The van der Waals surface area contributed by atoms with Crippen LogP contribution in [-0.4, -0.2) is 36.3 Å². The van der Waals surface area contributed by atoms with Gasteiger partial charge in [-0.2, -0.15) is 0 Å². The number of furan rings is 1. The second-order valence-corrected chi connectivity index (χ2v) is 8.64. The summed E-state index contributed by atoms with van der Waals surface area (Å²) in [5.74, 6) is -0.0994. The second-order valence-electron chi connectivity index (χ2n) is 8.64. The summed E-state index contributed by atoms with van der Waals surface area (Å²) in [6.07, 6.45) is 3.78. The summed E-state index contributed by atoms with van der Waals surface area (Å²) in [5.41, 5.74) is 3.34. The third-order valence-electron chi connectivity index (χ3n) is 6.18. The highest BCUT2D eigenvalue weighted by Crippen LogP contribution is 2.31. The first-order valence-corrected chi connectivity index (χ1v) is 11.5. The van der Waals surface area contributed by atoms with Crippen molar-refractivity contribution in [2.24, 2.45) is 5.92 Å². The minimum Gasteiger partial charge on any atom is -0.464 e. The monoisotopic (exact) mass is 456 g/mol. The van der Waals surface area contributed by atoms with Gasteiger partial charge >= 0.3 is 0 Å². The highest BCUT2D eigenvalue weighted by Gasteiger charge is 2.28. The van der Waals surface area contributed by atoms with Gasteiger partial charge < -0.3 is 14.6 Å². The molecule has 1 aromatic heterocycles.